The summed E-state index contributed by atoms with van der Waals surface area (Å²) >= 11 is 0. The van der Waals surface area contributed by atoms with E-state index in [0.29, 0.717) is 17.9 Å². The lowest BCUT2D eigenvalue weighted by Gasteiger charge is -2.34. The molecule has 92 valence electrons. The quantitative estimate of drug-likeness (QED) is 0.721. The van der Waals surface area contributed by atoms with E-state index in [9.17, 15) is 4.79 Å². The van der Waals surface area contributed by atoms with Crippen LogP contribution >= 0.6 is 0 Å². The molecule has 1 amide bonds. The summed E-state index contributed by atoms with van der Waals surface area (Å²) in [5.41, 5.74) is 0. The molecule has 3 nitrogen and oxygen atoms in total. The van der Waals surface area contributed by atoms with Gasteiger partial charge in [0.15, 0.2) is 0 Å². The van der Waals surface area contributed by atoms with Crippen molar-refractivity contribution in [3.63, 3.8) is 0 Å². The maximum absolute atomic E-state index is 12.2. The molecule has 0 aromatic heterocycles. The average molecular weight is 225 g/mol. The third kappa shape index (κ3) is 2.76. The van der Waals surface area contributed by atoms with Gasteiger partial charge < -0.3 is 9.64 Å². The second kappa shape index (κ2) is 5.67. The highest BCUT2D eigenvalue weighted by atomic mass is 16.5. The molecule has 0 aromatic rings. The smallest absolute Gasteiger partial charge is 0.225 e. The molecule has 3 heteroatoms. The van der Waals surface area contributed by atoms with Crippen molar-refractivity contribution in [3.05, 3.63) is 0 Å². The Morgan fingerprint density at radius 3 is 2.25 bits per heavy atom. The summed E-state index contributed by atoms with van der Waals surface area (Å²) in [6, 6.07) is 0. The van der Waals surface area contributed by atoms with E-state index in [4.69, 9.17) is 4.74 Å². The highest BCUT2D eigenvalue weighted by molar-refractivity contribution is 5.79. The topological polar surface area (TPSA) is 29.5 Å². The molecule has 1 saturated heterocycles. The predicted molar refractivity (Wildman–Crippen MR) is 63.2 cm³/mol. The fourth-order valence-corrected chi connectivity index (χ4v) is 2.92. The number of nitrogens with zero attached hydrogens (tertiary/aromatic N) is 1. The van der Waals surface area contributed by atoms with Crippen molar-refractivity contribution in [2.45, 2.75) is 51.0 Å². The fourth-order valence-electron chi connectivity index (χ4n) is 2.92. The van der Waals surface area contributed by atoms with Crippen molar-refractivity contribution < 1.29 is 9.53 Å². The van der Waals surface area contributed by atoms with Crippen molar-refractivity contribution in [2.24, 2.45) is 5.92 Å². The van der Waals surface area contributed by atoms with Crippen LogP contribution in [0.2, 0.25) is 0 Å². The van der Waals surface area contributed by atoms with E-state index in [-0.39, 0.29) is 0 Å². The molecule has 0 aromatic carbocycles. The number of carbonyl (C=O) groups excluding carboxylic acids is 1. The summed E-state index contributed by atoms with van der Waals surface area (Å²) in [4.78, 5) is 14.3. The monoisotopic (exact) mass is 225 g/mol. The van der Waals surface area contributed by atoms with E-state index in [1.54, 1.807) is 7.11 Å². The van der Waals surface area contributed by atoms with Crippen LogP contribution in [0.4, 0.5) is 0 Å². The maximum atomic E-state index is 12.2. The molecule has 0 bridgehead atoms. The van der Waals surface area contributed by atoms with Gasteiger partial charge in [-0.2, -0.15) is 0 Å². The first-order valence-electron chi connectivity index (χ1n) is 6.63. The van der Waals surface area contributed by atoms with Crippen molar-refractivity contribution >= 4 is 5.91 Å². The van der Waals surface area contributed by atoms with E-state index in [2.05, 4.69) is 4.90 Å². The van der Waals surface area contributed by atoms with Gasteiger partial charge in [-0.15, -0.1) is 0 Å². The van der Waals surface area contributed by atoms with Gasteiger partial charge in [0.05, 0.1) is 6.10 Å². The highest BCUT2D eigenvalue weighted by Gasteiger charge is 2.28. The lowest BCUT2D eigenvalue weighted by atomic mass is 9.88. The Labute approximate surface area is 98.1 Å². The summed E-state index contributed by atoms with van der Waals surface area (Å²) in [5, 5.41) is 0. The summed E-state index contributed by atoms with van der Waals surface area (Å²) in [5.74, 6) is 0.738. The molecule has 2 fully saturated rings. The Balaban J connectivity index is 1.81. The molecule has 16 heavy (non-hydrogen) atoms. The van der Waals surface area contributed by atoms with Gasteiger partial charge in [-0.3, -0.25) is 4.79 Å². The zero-order valence-corrected chi connectivity index (χ0v) is 10.3. The number of amides is 1. The minimum absolute atomic E-state index is 0.327. The number of ether oxygens (including phenoxy) is 1. The van der Waals surface area contributed by atoms with Crippen molar-refractivity contribution in [2.75, 3.05) is 20.2 Å². The van der Waals surface area contributed by atoms with E-state index < -0.39 is 0 Å². The molecular formula is C13H23NO2. The Hall–Kier alpha value is -0.570. The third-order valence-corrected chi connectivity index (χ3v) is 4.04. The summed E-state index contributed by atoms with van der Waals surface area (Å²) in [7, 11) is 1.77. The number of rotatable bonds is 2. The van der Waals surface area contributed by atoms with Gasteiger partial charge >= 0.3 is 0 Å². The lowest BCUT2D eigenvalue weighted by Crippen LogP contribution is -2.43. The Kier molecular flexibility index (Phi) is 4.22. The second-order valence-corrected chi connectivity index (χ2v) is 5.10. The first-order valence-corrected chi connectivity index (χ1v) is 6.63. The van der Waals surface area contributed by atoms with Gasteiger partial charge in [0.25, 0.3) is 0 Å². The molecule has 0 atom stereocenters. The van der Waals surface area contributed by atoms with E-state index >= 15 is 0 Å². The normalized spacial score (nSPS) is 24.7. The molecule has 1 saturated carbocycles. The average Bonchev–Trinajstić information content (AvgIpc) is 2.39. The lowest BCUT2D eigenvalue weighted by molar-refractivity contribution is -0.138. The number of likely N-dealkylation sites (tertiary alicyclic amines) is 1. The van der Waals surface area contributed by atoms with Gasteiger partial charge in [-0.25, -0.2) is 0 Å². The van der Waals surface area contributed by atoms with E-state index in [1.807, 2.05) is 0 Å². The zero-order chi connectivity index (χ0) is 11.4. The minimum atomic E-state index is 0.327. The second-order valence-electron chi connectivity index (χ2n) is 5.10. The summed E-state index contributed by atoms with van der Waals surface area (Å²) < 4.78 is 5.33. The van der Waals surface area contributed by atoms with Gasteiger partial charge in [0, 0.05) is 26.1 Å². The van der Waals surface area contributed by atoms with E-state index in [0.717, 1.165) is 38.8 Å². The molecule has 0 radical (unpaired) electrons. The molecule has 1 heterocycles. The fraction of sp³-hybridized carbons (Fsp3) is 0.923. The van der Waals surface area contributed by atoms with Crippen LogP contribution in [0.5, 0.6) is 0 Å². The van der Waals surface area contributed by atoms with E-state index in [1.165, 1.54) is 19.3 Å². The van der Waals surface area contributed by atoms with Crippen LogP contribution < -0.4 is 0 Å². The Morgan fingerprint density at radius 2 is 1.69 bits per heavy atom. The number of piperidine rings is 1. The maximum Gasteiger partial charge on any atom is 0.225 e. The minimum Gasteiger partial charge on any atom is -0.381 e. The number of methoxy groups -OCH3 is 1. The molecule has 2 rings (SSSR count). The van der Waals surface area contributed by atoms with Gasteiger partial charge in [0.1, 0.15) is 0 Å². The van der Waals surface area contributed by atoms with Gasteiger partial charge in [-0.1, -0.05) is 19.3 Å². The molecule has 1 aliphatic carbocycles. The van der Waals surface area contributed by atoms with Crippen LogP contribution in [-0.4, -0.2) is 37.1 Å². The molecular weight excluding hydrogens is 202 g/mol. The molecule has 1 aliphatic heterocycles. The summed E-state index contributed by atoms with van der Waals surface area (Å²) in [6.07, 6.45) is 8.41. The van der Waals surface area contributed by atoms with Crippen molar-refractivity contribution in [3.8, 4) is 0 Å². The number of carbonyl (C=O) groups is 1. The zero-order valence-electron chi connectivity index (χ0n) is 10.3. The van der Waals surface area contributed by atoms with Crippen LogP contribution in [-0.2, 0) is 9.53 Å². The molecule has 0 unspecified atom stereocenters. The van der Waals surface area contributed by atoms with Crippen LogP contribution in [0.15, 0.2) is 0 Å². The summed E-state index contributed by atoms with van der Waals surface area (Å²) in [6.45, 7) is 1.79. The first kappa shape index (κ1) is 11.9. The number of hydrogen-bond acceptors (Lipinski definition) is 2. The molecule has 0 spiro atoms. The standard InChI is InChI=1S/C13H23NO2/c1-16-12-7-9-14(10-8-12)13(15)11-5-3-2-4-6-11/h11-12H,2-10H2,1H3. The first-order chi connectivity index (χ1) is 7.81. The van der Waals surface area contributed by atoms with Crippen LogP contribution in [0, 0.1) is 5.92 Å². The van der Waals surface area contributed by atoms with Crippen LogP contribution in [0.25, 0.3) is 0 Å². The SMILES string of the molecule is COC1CCN(C(=O)C2CCCCC2)CC1. The highest BCUT2D eigenvalue weighted by Crippen LogP contribution is 2.26. The predicted octanol–water partition coefficient (Wildman–Crippen LogP) is 2.20. The van der Waals surface area contributed by atoms with Crippen LogP contribution in [0.1, 0.15) is 44.9 Å². The number of hydrogen-bond donors (Lipinski definition) is 0. The Bertz CT molecular complexity index is 228. The van der Waals surface area contributed by atoms with Gasteiger partial charge in [-0.05, 0) is 25.7 Å². The Morgan fingerprint density at radius 1 is 1.06 bits per heavy atom. The van der Waals surface area contributed by atoms with Gasteiger partial charge in [0.2, 0.25) is 5.91 Å². The molecule has 2 aliphatic rings. The van der Waals surface area contributed by atoms with Crippen molar-refractivity contribution in [1.82, 2.24) is 4.90 Å². The molecule has 0 N–H and O–H groups in total. The van der Waals surface area contributed by atoms with Crippen molar-refractivity contribution in [1.29, 1.82) is 0 Å². The van der Waals surface area contributed by atoms with Crippen LogP contribution in [0.3, 0.4) is 0 Å². The largest absolute Gasteiger partial charge is 0.381 e. The third-order valence-electron chi connectivity index (χ3n) is 4.04.